The monoisotopic (exact) mass is 2050 g/mol. The average Bonchev–Trinajstić information content (AvgIpc) is 1.59. The van der Waals surface area contributed by atoms with Crippen LogP contribution in [0.4, 0.5) is 0 Å². The number of hydrogen-bond donors (Lipinski definition) is 4. The van der Waals surface area contributed by atoms with E-state index in [2.05, 4.69) is 98.5 Å². The molecule has 0 aliphatic heterocycles. The van der Waals surface area contributed by atoms with Crippen molar-refractivity contribution in [2.45, 2.75) is 74.6 Å². The van der Waals surface area contributed by atoms with Crippen molar-refractivity contribution >= 4 is 237 Å². The lowest BCUT2D eigenvalue weighted by Crippen LogP contribution is -2.14. The molecule has 8 heterocycles. The van der Waals surface area contributed by atoms with Gasteiger partial charge in [-0.25, -0.2) is 18.7 Å². The van der Waals surface area contributed by atoms with Gasteiger partial charge in [-0.15, -0.1) is 67.7 Å². The number of aromatic amines is 2. The molecule has 4 aromatic carbocycles. The predicted molar refractivity (Wildman–Crippen MR) is 461 cm³/mol. The van der Waals surface area contributed by atoms with Gasteiger partial charge in [0.2, 0.25) is 23.1 Å². The van der Waals surface area contributed by atoms with Gasteiger partial charge in [-0.2, -0.15) is 0 Å². The van der Waals surface area contributed by atoms with Gasteiger partial charge in [-0.3, -0.25) is 47.5 Å². The molecule has 12 rings (SSSR count). The number of phenolic OH excluding ortho intramolecular Hbond substituents is 2. The van der Waals surface area contributed by atoms with Crippen LogP contribution in [-0.2, 0) is 64.3 Å². The first-order valence-electron chi connectivity index (χ1n) is 34.8. The number of aryl methyl sites for hydroxylation is 1. The molecule has 0 saturated carbocycles. The summed E-state index contributed by atoms with van der Waals surface area (Å²) in [6.45, 7) is 10.7. The lowest BCUT2D eigenvalue weighted by Gasteiger charge is -2.15. The molecule has 624 valence electrons. The van der Waals surface area contributed by atoms with Crippen LogP contribution in [0.3, 0.4) is 0 Å². The Morgan fingerprint density at radius 2 is 0.723 bits per heavy atom. The molecule has 0 unspecified atom stereocenters. The first-order chi connectivity index (χ1) is 56.9. The van der Waals surface area contributed by atoms with Gasteiger partial charge in [0.25, 0.3) is 0 Å². The van der Waals surface area contributed by atoms with Crippen molar-refractivity contribution in [3.8, 4) is 73.7 Å². The van der Waals surface area contributed by atoms with Crippen molar-refractivity contribution in [2.75, 3.05) is 33.5 Å². The lowest BCUT2D eigenvalue weighted by molar-refractivity contribution is -0.145. The number of ether oxygens (including phenoxy) is 5. The number of phenols is 2. The number of halogens is 15. The molecule has 0 aliphatic carbocycles. The number of hydrogen-bond acceptors (Lipinski definition) is 23. The van der Waals surface area contributed by atoms with E-state index in [4.69, 9.17) is 164 Å². The van der Waals surface area contributed by atoms with Crippen LogP contribution in [0.15, 0.2) is 85.5 Å². The number of methoxy groups -OCH3 is 1. The molecule has 0 aliphatic rings. The number of aromatic nitrogens is 16. The lowest BCUT2D eigenvalue weighted by atomic mass is 9.98. The highest BCUT2D eigenvalue weighted by molar-refractivity contribution is 9.69. The fourth-order valence-corrected chi connectivity index (χ4v) is 14.0. The summed E-state index contributed by atoms with van der Waals surface area (Å²) < 4.78 is 39.1. The van der Waals surface area contributed by atoms with Gasteiger partial charge in [-0.1, -0.05) is 174 Å². The van der Waals surface area contributed by atoms with E-state index in [-0.39, 0.29) is 207 Å². The van der Waals surface area contributed by atoms with Crippen LogP contribution in [-0.4, -0.2) is 173 Å². The summed E-state index contributed by atoms with van der Waals surface area (Å²) in [5.41, 5.74) is 0.896. The summed E-state index contributed by atoms with van der Waals surface area (Å²) in [4.78, 5) is 110. The van der Waals surface area contributed by atoms with Gasteiger partial charge < -0.3 is 43.9 Å². The highest BCUT2D eigenvalue weighted by atomic mass is 79.9. The Kier molecular flexibility index (Phi) is 32.6. The van der Waals surface area contributed by atoms with Gasteiger partial charge in [0, 0.05) is 29.2 Å². The van der Waals surface area contributed by atoms with Crippen molar-refractivity contribution in [3.63, 3.8) is 0 Å². The molecular weight excluding hydrogens is 2000 g/mol. The van der Waals surface area contributed by atoms with E-state index in [9.17, 15) is 48.6 Å². The van der Waals surface area contributed by atoms with E-state index in [0.29, 0.717) is 29.3 Å². The second kappa shape index (κ2) is 41.9. The van der Waals surface area contributed by atoms with E-state index in [1.165, 1.54) is 110 Å². The minimum absolute atomic E-state index is 0.0136. The minimum atomic E-state index is -0.892. The molecule has 0 fully saturated rings. The van der Waals surface area contributed by atoms with Crippen molar-refractivity contribution in [1.82, 2.24) is 79.1 Å². The van der Waals surface area contributed by atoms with Gasteiger partial charge in [0.05, 0.1) is 128 Å². The summed E-state index contributed by atoms with van der Waals surface area (Å²) >= 11 is 88.3. The molecule has 119 heavy (non-hydrogen) atoms. The predicted octanol–water partition coefficient (Wildman–Crippen LogP) is 18.6. The second-order valence-corrected chi connectivity index (χ2v) is 34.9. The molecule has 8 aromatic heterocycles. The third-order valence-corrected chi connectivity index (χ3v) is 20.6. The number of benzene rings is 4. The van der Waals surface area contributed by atoms with Crippen molar-refractivity contribution in [3.05, 3.63) is 197 Å². The van der Waals surface area contributed by atoms with Gasteiger partial charge in [0.15, 0.2) is 0 Å². The normalized spacial score (nSPS) is 11.0. The van der Waals surface area contributed by atoms with Crippen molar-refractivity contribution in [2.24, 2.45) is 0 Å². The zero-order valence-electron chi connectivity index (χ0n) is 63.2. The van der Waals surface area contributed by atoms with Gasteiger partial charge in [-0.05, 0) is 101 Å². The molecule has 31 nitrogen and oxygen atoms in total. The Morgan fingerprint density at radius 1 is 0.437 bits per heavy atom. The Balaban J connectivity index is 0.000000253. The second-order valence-electron chi connectivity index (χ2n) is 23.8. The molecule has 0 atom stereocenters. The van der Waals surface area contributed by atoms with Crippen LogP contribution < -0.4 is 4.74 Å². The largest absolute Gasteiger partial charge is 0.507 e. The van der Waals surface area contributed by atoms with Crippen LogP contribution in [0.25, 0.3) is 56.4 Å². The maximum absolute atomic E-state index is 14.4. The molecule has 0 radical (unpaired) electrons. The number of carbonyl (C=O) groups is 8. The van der Waals surface area contributed by atoms with E-state index in [0.717, 1.165) is 4.57 Å². The number of H-pyrrole nitrogens is 2. The van der Waals surface area contributed by atoms with Gasteiger partial charge >= 0.3 is 27.1 Å². The number of ketones is 4. The molecule has 4 N–H and O–H groups in total. The Labute approximate surface area is 761 Å². The van der Waals surface area contributed by atoms with E-state index < -0.39 is 58.5 Å². The zero-order chi connectivity index (χ0) is 88.2. The van der Waals surface area contributed by atoms with E-state index in [1.54, 1.807) is 47.6 Å². The minimum Gasteiger partial charge on any atom is -0.507 e. The maximum Gasteiger partial charge on any atom is 0.369 e. The summed E-state index contributed by atoms with van der Waals surface area (Å²) in [5, 5.41) is 52.8. The molecule has 0 bridgehead atoms. The molecule has 0 spiro atoms. The fraction of sp³-hybridized carbons (Fsp3) is 0.222. The van der Waals surface area contributed by atoms with Crippen molar-refractivity contribution < 1.29 is 73.6 Å². The topological polar surface area (TPSA) is 387 Å². The van der Waals surface area contributed by atoms with Crippen molar-refractivity contribution in [1.29, 1.82) is 0 Å². The summed E-state index contributed by atoms with van der Waals surface area (Å²) in [7, 11) is 1.35. The molecule has 12 aromatic rings. The quantitative estimate of drug-likeness (QED) is 0.0161. The first kappa shape index (κ1) is 92.8. The molecule has 0 saturated heterocycles. The number of nitrogens with zero attached hydrogens (tertiary/aromatic N) is 14. The standard InChI is InChI=1S/C36H28Cl6N8O7.C34H24Cl6N8O8.C2H6.BBr3/c1-5-56-28(51)14-48-12-24(44-46-48)18-7-16(3)17(8-21(18)37)34(54)31-32(30(40)35(41)43-31)50-26(11-23(39)36(50)42)33(53)20-9-22(38)19(10-27(20)55-4)25-13-49(47-45-25)15-29(52)57-6-2;1-3-55-26(51)12-46-10-21(42-44-46)14-7-24(49)16(5-18(14)35)31(53)23-9-20(37)34(40)48(23)30-28(38)33(39)41-29(30)32(54)17-6-19(36)15(8-25(17)50)22-11-47(45-43-22)13-27(52)56-4-2;1-2;2-1(3)4/h7-13,43H,5-6,14-15H2,1-4H3;5-11,41,49-50H,3-4,12-13H2,1-2H3;1-2H3;/i;;1D;. The fourth-order valence-electron chi connectivity index (χ4n) is 11.3. The highest BCUT2D eigenvalue weighted by Gasteiger charge is 2.35. The smallest absolute Gasteiger partial charge is 0.369 e. The Morgan fingerprint density at radius 3 is 1.05 bits per heavy atom. The van der Waals surface area contributed by atoms with E-state index >= 15 is 0 Å². The van der Waals surface area contributed by atoms with Gasteiger partial charge in [0.1, 0.15) is 108 Å². The number of rotatable bonds is 27. The van der Waals surface area contributed by atoms with Crippen LogP contribution in [0, 0.1) is 6.92 Å². The summed E-state index contributed by atoms with van der Waals surface area (Å²) in [5.74, 6) is -6.13. The number of carbonyl (C=O) groups excluding carboxylic acids is 8. The Hall–Kier alpha value is -8.50. The van der Waals surface area contributed by atoms with Crippen LogP contribution in [0.2, 0.25) is 60.8 Å². The first-order valence-corrected chi connectivity index (χ1v) is 41.4. The summed E-state index contributed by atoms with van der Waals surface area (Å²) in [6, 6.07) is 13.1. The number of nitrogens with one attached hydrogen (secondary N) is 2. The highest BCUT2D eigenvalue weighted by Crippen LogP contribution is 2.46. The molecule has 47 heteroatoms. The molecule has 0 amide bonds. The molecular formula is C72H58BBr3Cl12N16O15. The SMILES string of the molecule is BrB(Br)Br.CCOC(=O)Cn1cc(-c2cc(C)c(C(=O)c3[nH]c(Cl)c(Cl)c3-n3c(C(=O)c4cc(Cl)c(-c5cn(CC(=O)OCC)nn5)cc4OC)cc(Cl)c3Cl)cc2Cl)nn1.CCOC(=O)Cn1cc(-c2cc(O)c(C(=O)c3[nH]c(Cl)c(Cl)c3-n3c(C(=O)c4cc(Cl)c(-c5cn(CC(=O)OCC)nn5)cc4O)cc(Cl)c3Cl)cc2Cl)nn1.[2H]CC. The number of aromatic hydroxyl groups is 2. The maximum atomic E-state index is 14.4. The van der Waals surface area contributed by atoms with Crippen LogP contribution >= 0.6 is 186 Å². The third-order valence-electron chi connectivity index (χ3n) is 16.3. The van der Waals surface area contributed by atoms with E-state index in [1.807, 2.05) is 0 Å². The zero-order valence-corrected chi connectivity index (χ0v) is 76.0. The van der Waals surface area contributed by atoms with Crippen LogP contribution in [0.5, 0.6) is 17.2 Å². The third kappa shape index (κ3) is 21.7. The Bertz CT molecular complexity index is 5770. The average molecular weight is 2060 g/mol. The number of esters is 4. The summed E-state index contributed by atoms with van der Waals surface area (Å²) in [6.07, 6.45) is 5.81. The van der Waals surface area contributed by atoms with Crippen LogP contribution in [0.1, 0.15) is 113 Å².